The molecule has 0 spiro atoms. The lowest BCUT2D eigenvalue weighted by Gasteiger charge is -2.34. The highest BCUT2D eigenvalue weighted by Gasteiger charge is 2.37. The highest BCUT2D eigenvalue weighted by atomic mass is 35.5. The minimum atomic E-state index is -0.402. The third kappa shape index (κ3) is 6.03. The van der Waals surface area contributed by atoms with E-state index in [9.17, 15) is 14.0 Å². The van der Waals surface area contributed by atoms with Gasteiger partial charge in [0.1, 0.15) is 12.4 Å². The summed E-state index contributed by atoms with van der Waals surface area (Å²) in [4.78, 5) is 31.0. The van der Waals surface area contributed by atoms with Crippen molar-refractivity contribution in [3.8, 4) is 0 Å². The van der Waals surface area contributed by atoms with Crippen LogP contribution in [0.2, 0.25) is 5.02 Å². The first-order valence-corrected chi connectivity index (χ1v) is 13.4. The first-order chi connectivity index (χ1) is 18.0. The topological polar surface area (TPSA) is 65.5 Å². The Labute approximate surface area is 221 Å². The van der Waals surface area contributed by atoms with Crippen molar-refractivity contribution in [3.63, 3.8) is 0 Å². The number of hydrazone groups is 1. The number of hydrogen-bond donors (Lipinski definition) is 0. The first-order valence-electron chi connectivity index (χ1n) is 13.0. The molecular formula is C28H32ClFN4O3. The van der Waals surface area contributed by atoms with E-state index in [1.807, 2.05) is 18.2 Å². The van der Waals surface area contributed by atoms with E-state index in [2.05, 4.69) is 10.0 Å². The van der Waals surface area contributed by atoms with Crippen molar-refractivity contribution in [2.45, 2.75) is 31.7 Å². The number of nitrogens with zero attached hydrogens (tertiary/aromatic N) is 4. The fourth-order valence-corrected chi connectivity index (χ4v) is 5.31. The third-order valence-corrected chi connectivity index (χ3v) is 7.83. The number of benzene rings is 2. The summed E-state index contributed by atoms with van der Waals surface area (Å²) in [5.74, 6) is -0.544. The quantitative estimate of drug-likeness (QED) is 0.519. The van der Waals surface area contributed by atoms with Gasteiger partial charge in [0.15, 0.2) is 0 Å². The maximum atomic E-state index is 13.8. The number of carbonyl (C=O) groups excluding carboxylic acids is 2. The molecule has 2 amide bonds. The van der Waals surface area contributed by atoms with E-state index in [0.717, 1.165) is 43.5 Å². The van der Waals surface area contributed by atoms with Crippen LogP contribution >= 0.6 is 11.6 Å². The molecule has 1 saturated heterocycles. The van der Waals surface area contributed by atoms with Gasteiger partial charge in [-0.2, -0.15) is 5.10 Å². The summed E-state index contributed by atoms with van der Waals surface area (Å²) in [6.45, 7) is 4.17. The van der Waals surface area contributed by atoms with Crippen molar-refractivity contribution in [3.05, 3.63) is 70.5 Å². The van der Waals surface area contributed by atoms with Gasteiger partial charge in [-0.05, 0) is 42.2 Å². The lowest BCUT2D eigenvalue weighted by molar-refractivity contribution is -0.145. The largest absolute Gasteiger partial charge is 0.379 e. The van der Waals surface area contributed by atoms with Crippen LogP contribution in [0.1, 0.15) is 42.9 Å². The molecule has 0 N–H and O–H groups in total. The molecular weight excluding hydrogens is 495 g/mol. The van der Waals surface area contributed by atoms with Gasteiger partial charge in [-0.25, -0.2) is 9.40 Å². The van der Waals surface area contributed by atoms with E-state index in [0.29, 0.717) is 43.5 Å². The van der Waals surface area contributed by atoms with Crippen LogP contribution in [0, 0.1) is 11.7 Å². The summed E-state index contributed by atoms with van der Waals surface area (Å²) < 4.78 is 19.0. The second kappa shape index (κ2) is 11.7. The number of morpholine rings is 1. The molecule has 0 unspecified atom stereocenters. The van der Waals surface area contributed by atoms with Crippen molar-refractivity contribution >= 4 is 29.1 Å². The summed E-state index contributed by atoms with van der Waals surface area (Å²) in [5.41, 5.74) is 2.23. The molecule has 1 aliphatic carbocycles. The van der Waals surface area contributed by atoms with E-state index in [1.54, 1.807) is 23.1 Å². The molecule has 2 fully saturated rings. The summed E-state index contributed by atoms with van der Waals surface area (Å²) >= 11 is 6.53. The van der Waals surface area contributed by atoms with Gasteiger partial charge in [0.05, 0.1) is 25.0 Å². The average Bonchev–Trinajstić information content (AvgIpc) is 3.32. The third-order valence-electron chi connectivity index (χ3n) is 7.49. The predicted molar refractivity (Wildman–Crippen MR) is 140 cm³/mol. The molecule has 2 aromatic rings. The van der Waals surface area contributed by atoms with Gasteiger partial charge in [0, 0.05) is 43.5 Å². The molecule has 9 heteroatoms. The fraction of sp³-hybridized carbons (Fsp3) is 0.464. The predicted octanol–water partition coefficient (Wildman–Crippen LogP) is 4.12. The lowest BCUT2D eigenvalue weighted by atomic mass is 9.84. The molecule has 1 saturated carbocycles. The molecule has 0 radical (unpaired) electrons. The van der Waals surface area contributed by atoms with Crippen LogP contribution in [-0.2, 0) is 14.3 Å². The van der Waals surface area contributed by atoms with Crippen molar-refractivity contribution < 1.29 is 18.7 Å². The zero-order valence-electron chi connectivity index (χ0n) is 20.8. The normalized spacial score (nSPS) is 20.4. The highest BCUT2D eigenvalue weighted by Crippen LogP contribution is 2.36. The Morgan fingerprint density at radius 2 is 1.81 bits per heavy atom. The van der Waals surface area contributed by atoms with Crippen LogP contribution in [0.4, 0.5) is 4.39 Å². The summed E-state index contributed by atoms with van der Waals surface area (Å²) in [5, 5.41) is 6.70. The van der Waals surface area contributed by atoms with Gasteiger partial charge in [-0.1, -0.05) is 48.4 Å². The lowest BCUT2D eigenvalue weighted by Crippen LogP contribution is -2.49. The van der Waals surface area contributed by atoms with E-state index >= 15 is 0 Å². The van der Waals surface area contributed by atoms with Gasteiger partial charge >= 0.3 is 0 Å². The zero-order chi connectivity index (χ0) is 25.8. The average molecular weight is 527 g/mol. The number of hydrogen-bond acceptors (Lipinski definition) is 5. The molecule has 37 heavy (non-hydrogen) atoms. The van der Waals surface area contributed by atoms with Gasteiger partial charge in [-0.3, -0.25) is 14.5 Å². The van der Waals surface area contributed by atoms with Crippen LogP contribution in [-0.4, -0.2) is 78.3 Å². The molecule has 196 valence electrons. The Morgan fingerprint density at radius 1 is 1.08 bits per heavy atom. The molecule has 1 atom stereocenters. The maximum absolute atomic E-state index is 13.8. The van der Waals surface area contributed by atoms with Crippen molar-refractivity contribution in [2.75, 3.05) is 45.9 Å². The molecule has 3 aliphatic rings. The molecule has 5 rings (SSSR count). The molecule has 7 nitrogen and oxygen atoms in total. The molecule has 2 heterocycles. The van der Waals surface area contributed by atoms with Gasteiger partial charge in [-0.15, -0.1) is 0 Å². The van der Waals surface area contributed by atoms with Crippen LogP contribution in [0.25, 0.3) is 0 Å². The van der Waals surface area contributed by atoms with Crippen LogP contribution < -0.4 is 0 Å². The fourth-order valence-electron chi connectivity index (χ4n) is 5.05. The number of carbonyl (C=O) groups is 2. The van der Waals surface area contributed by atoms with Crippen molar-refractivity contribution in [1.29, 1.82) is 0 Å². The summed E-state index contributed by atoms with van der Waals surface area (Å²) in [7, 11) is 0. The second-order valence-electron chi connectivity index (χ2n) is 9.87. The van der Waals surface area contributed by atoms with Crippen molar-refractivity contribution in [1.82, 2.24) is 14.8 Å². The smallest absolute Gasteiger partial charge is 0.262 e. The minimum absolute atomic E-state index is 0.00582. The van der Waals surface area contributed by atoms with Crippen molar-refractivity contribution in [2.24, 2.45) is 11.0 Å². The summed E-state index contributed by atoms with van der Waals surface area (Å²) in [6, 6.07) is 13.1. The molecule has 2 aliphatic heterocycles. The number of halogens is 2. The van der Waals surface area contributed by atoms with E-state index in [1.165, 1.54) is 17.1 Å². The molecule has 0 aromatic heterocycles. The minimum Gasteiger partial charge on any atom is -0.379 e. The Balaban J connectivity index is 1.37. The number of amides is 2. The molecule has 2 aromatic carbocycles. The Kier molecular flexibility index (Phi) is 8.17. The Hall–Kier alpha value is -2.81. The van der Waals surface area contributed by atoms with E-state index < -0.39 is 6.04 Å². The monoisotopic (exact) mass is 526 g/mol. The van der Waals surface area contributed by atoms with Crippen LogP contribution in [0.5, 0.6) is 0 Å². The van der Waals surface area contributed by atoms with Gasteiger partial charge < -0.3 is 9.64 Å². The van der Waals surface area contributed by atoms with Crippen LogP contribution in [0.15, 0.2) is 53.6 Å². The first kappa shape index (κ1) is 25.8. The highest BCUT2D eigenvalue weighted by molar-refractivity contribution is 6.31. The Morgan fingerprint density at radius 3 is 2.49 bits per heavy atom. The zero-order valence-corrected chi connectivity index (χ0v) is 21.6. The maximum Gasteiger partial charge on any atom is 0.262 e. The number of rotatable bonds is 8. The molecule has 0 bridgehead atoms. The number of ether oxygens (including phenoxy) is 1. The van der Waals surface area contributed by atoms with E-state index in [4.69, 9.17) is 16.3 Å². The standard InChI is InChI=1S/C28H32ClFN4O3/c29-24-7-2-1-6-23(24)26-18-25(20-8-10-22(30)11-9-20)31-34(26)27(35)19-33(28(36)21-4-3-5-21)13-12-32-14-16-37-17-15-32/h1-2,6-11,21,26H,3-5,12-19H2/t26-/m1/s1. The van der Waals surface area contributed by atoms with Gasteiger partial charge in [0.2, 0.25) is 5.91 Å². The van der Waals surface area contributed by atoms with Gasteiger partial charge in [0.25, 0.3) is 5.91 Å². The summed E-state index contributed by atoms with van der Waals surface area (Å²) in [6.07, 6.45) is 3.25. The Bertz CT molecular complexity index is 1150. The SMILES string of the molecule is O=C(C1CCC1)N(CCN1CCOCC1)CC(=O)N1N=C(c2ccc(F)cc2)C[C@@H]1c1ccccc1Cl. The van der Waals surface area contributed by atoms with Crippen LogP contribution in [0.3, 0.4) is 0 Å². The van der Waals surface area contributed by atoms with E-state index in [-0.39, 0.29) is 30.1 Å². The second-order valence-corrected chi connectivity index (χ2v) is 10.3.